The Morgan fingerprint density at radius 3 is 3.00 bits per heavy atom. The molecule has 0 radical (unpaired) electrons. The molecule has 2 aromatic heterocycles. The van der Waals surface area contributed by atoms with Gasteiger partial charge in [0.1, 0.15) is 5.78 Å². The van der Waals surface area contributed by atoms with Gasteiger partial charge in [0.15, 0.2) is 11.5 Å². The first kappa shape index (κ1) is 10.4. The van der Waals surface area contributed by atoms with Crippen LogP contribution in [0.3, 0.4) is 0 Å². The number of Topliss-reactive ketones (excluding diaryl/α,β-unsaturated/α-hetero) is 1. The maximum Gasteiger partial charge on any atom is 0.159 e. The van der Waals surface area contributed by atoms with E-state index < -0.39 is 0 Å². The van der Waals surface area contributed by atoms with Gasteiger partial charge in [-0.25, -0.2) is 9.50 Å². The van der Waals surface area contributed by atoms with Crippen molar-refractivity contribution in [1.29, 1.82) is 0 Å². The molecule has 0 unspecified atom stereocenters. The molecule has 0 aromatic carbocycles. The molecule has 1 aliphatic rings. The van der Waals surface area contributed by atoms with Crippen LogP contribution in [0, 0.1) is 0 Å². The van der Waals surface area contributed by atoms with Gasteiger partial charge in [0.2, 0.25) is 0 Å². The number of hydrogen-bond acceptors (Lipinski definition) is 3. The van der Waals surface area contributed by atoms with Crippen molar-refractivity contribution in [3.8, 4) is 0 Å². The van der Waals surface area contributed by atoms with E-state index in [2.05, 4.69) is 10.1 Å². The lowest BCUT2D eigenvalue weighted by molar-refractivity contribution is -0.116. The monoisotopic (exact) mass is 229 g/mol. The lowest BCUT2D eigenvalue weighted by Crippen LogP contribution is -2.10. The summed E-state index contributed by atoms with van der Waals surface area (Å²) in [5, 5.41) is 4.50. The fourth-order valence-electron chi connectivity index (χ4n) is 2.22. The van der Waals surface area contributed by atoms with Crippen LogP contribution < -0.4 is 0 Å². The van der Waals surface area contributed by atoms with E-state index >= 15 is 0 Å². The standard InChI is InChI=1S/C13H15N3O/c1-9(17)8-11-6-3-7-16-13(11)14-12(15-16)10-4-2-5-10/h3,6-7,10H,2,4-5,8H2,1H3. The topological polar surface area (TPSA) is 47.3 Å². The van der Waals surface area contributed by atoms with Gasteiger partial charge in [0.25, 0.3) is 0 Å². The van der Waals surface area contributed by atoms with Crippen LogP contribution in [-0.4, -0.2) is 20.4 Å². The van der Waals surface area contributed by atoms with Crippen molar-refractivity contribution in [2.75, 3.05) is 0 Å². The zero-order valence-electron chi connectivity index (χ0n) is 9.89. The first-order chi connectivity index (χ1) is 8.24. The molecule has 2 aromatic rings. The quantitative estimate of drug-likeness (QED) is 0.810. The van der Waals surface area contributed by atoms with E-state index in [9.17, 15) is 4.79 Å². The Balaban J connectivity index is 2.04. The van der Waals surface area contributed by atoms with Gasteiger partial charge in [-0.3, -0.25) is 4.79 Å². The summed E-state index contributed by atoms with van der Waals surface area (Å²) in [6.45, 7) is 1.60. The second kappa shape index (κ2) is 3.95. The van der Waals surface area contributed by atoms with E-state index in [-0.39, 0.29) is 5.78 Å². The van der Waals surface area contributed by atoms with Gasteiger partial charge in [-0.1, -0.05) is 12.5 Å². The number of fused-ring (bicyclic) bond motifs is 1. The Morgan fingerprint density at radius 2 is 2.35 bits per heavy atom. The fourth-order valence-corrected chi connectivity index (χ4v) is 2.22. The summed E-state index contributed by atoms with van der Waals surface area (Å²) in [4.78, 5) is 15.8. The maximum atomic E-state index is 11.2. The van der Waals surface area contributed by atoms with Gasteiger partial charge >= 0.3 is 0 Å². The average Bonchev–Trinajstić information content (AvgIpc) is 2.58. The SMILES string of the molecule is CC(=O)Cc1cccn2nc(C3CCC3)nc12. The highest BCUT2D eigenvalue weighted by atomic mass is 16.1. The van der Waals surface area contributed by atoms with Crippen LogP contribution in [0.25, 0.3) is 5.65 Å². The molecule has 1 aliphatic carbocycles. The third kappa shape index (κ3) is 1.84. The van der Waals surface area contributed by atoms with E-state index in [1.807, 2.05) is 18.3 Å². The molecule has 4 heteroatoms. The molecule has 0 N–H and O–H groups in total. The average molecular weight is 229 g/mol. The molecule has 3 rings (SSSR count). The largest absolute Gasteiger partial charge is 0.300 e. The van der Waals surface area contributed by atoms with Gasteiger partial charge in [-0.05, 0) is 25.8 Å². The molecule has 0 amide bonds. The molecule has 1 fully saturated rings. The number of pyridine rings is 1. The predicted molar refractivity (Wildman–Crippen MR) is 64.0 cm³/mol. The highest BCUT2D eigenvalue weighted by molar-refractivity contribution is 5.80. The lowest BCUT2D eigenvalue weighted by atomic mass is 9.85. The van der Waals surface area contributed by atoms with Gasteiger partial charge in [0.05, 0.1) is 0 Å². The Morgan fingerprint density at radius 1 is 1.53 bits per heavy atom. The Labute approximate surface area is 99.7 Å². The smallest absolute Gasteiger partial charge is 0.159 e. The summed E-state index contributed by atoms with van der Waals surface area (Å²) in [5.41, 5.74) is 1.81. The van der Waals surface area contributed by atoms with Gasteiger partial charge < -0.3 is 0 Å². The molecule has 0 aliphatic heterocycles. The van der Waals surface area contributed by atoms with Crippen LogP contribution in [0.15, 0.2) is 18.3 Å². The van der Waals surface area contributed by atoms with Crippen molar-refractivity contribution in [2.24, 2.45) is 0 Å². The zero-order valence-corrected chi connectivity index (χ0v) is 9.89. The molecule has 88 valence electrons. The van der Waals surface area contributed by atoms with Gasteiger partial charge in [-0.15, -0.1) is 0 Å². The van der Waals surface area contributed by atoms with Crippen LogP contribution in [-0.2, 0) is 11.2 Å². The second-order valence-corrected chi connectivity index (χ2v) is 4.78. The normalized spacial score (nSPS) is 16.1. The van der Waals surface area contributed by atoms with Crippen molar-refractivity contribution in [3.05, 3.63) is 29.7 Å². The molecular weight excluding hydrogens is 214 g/mol. The van der Waals surface area contributed by atoms with Crippen molar-refractivity contribution < 1.29 is 4.79 Å². The third-order valence-electron chi connectivity index (χ3n) is 3.37. The number of ketones is 1. The predicted octanol–water partition coefficient (Wildman–Crippen LogP) is 2.13. The number of hydrogen-bond donors (Lipinski definition) is 0. The molecular formula is C13H15N3O. The minimum atomic E-state index is 0.159. The summed E-state index contributed by atoms with van der Waals surface area (Å²) in [5.74, 6) is 1.62. The minimum Gasteiger partial charge on any atom is -0.300 e. The third-order valence-corrected chi connectivity index (χ3v) is 3.37. The van der Waals surface area contributed by atoms with Crippen LogP contribution in [0.1, 0.15) is 43.5 Å². The van der Waals surface area contributed by atoms with Crippen molar-refractivity contribution >= 4 is 11.4 Å². The summed E-state index contributed by atoms with van der Waals surface area (Å²) in [7, 11) is 0. The Hall–Kier alpha value is -1.71. The van der Waals surface area contributed by atoms with Crippen LogP contribution in [0.2, 0.25) is 0 Å². The molecule has 17 heavy (non-hydrogen) atoms. The highest BCUT2D eigenvalue weighted by Crippen LogP contribution is 2.34. The van der Waals surface area contributed by atoms with Crippen molar-refractivity contribution in [3.63, 3.8) is 0 Å². The summed E-state index contributed by atoms with van der Waals surface area (Å²) in [6, 6.07) is 3.88. The van der Waals surface area contributed by atoms with Crippen molar-refractivity contribution in [2.45, 2.75) is 38.5 Å². The fraction of sp³-hybridized carbons (Fsp3) is 0.462. The van der Waals surface area contributed by atoms with Gasteiger partial charge in [0, 0.05) is 24.1 Å². The molecule has 0 saturated heterocycles. The number of rotatable bonds is 3. The van der Waals surface area contributed by atoms with Crippen LogP contribution in [0.4, 0.5) is 0 Å². The maximum absolute atomic E-state index is 11.2. The molecule has 0 bridgehead atoms. The van der Waals surface area contributed by atoms with E-state index in [1.54, 1.807) is 11.4 Å². The number of carbonyl (C=O) groups is 1. The molecule has 4 nitrogen and oxygen atoms in total. The first-order valence-electron chi connectivity index (χ1n) is 6.07. The Bertz CT molecular complexity index is 569. The van der Waals surface area contributed by atoms with E-state index in [0.717, 1.165) is 17.0 Å². The second-order valence-electron chi connectivity index (χ2n) is 4.78. The molecule has 0 spiro atoms. The van der Waals surface area contributed by atoms with Crippen LogP contribution >= 0.6 is 0 Å². The minimum absolute atomic E-state index is 0.159. The zero-order chi connectivity index (χ0) is 11.8. The number of nitrogens with zero attached hydrogens (tertiary/aromatic N) is 3. The highest BCUT2D eigenvalue weighted by Gasteiger charge is 2.24. The number of aromatic nitrogens is 3. The molecule has 1 saturated carbocycles. The molecule has 0 atom stereocenters. The summed E-state index contributed by atoms with van der Waals surface area (Å²) < 4.78 is 1.80. The van der Waals surface area contributed by atoms with Crippen LogP contribution in [0.5, 0.6) is 0 Å². The van der Waals surface area contributed by atoms with Gasteiger partial charge in [-0.2, -0.15) is 5.10 Å². The van der Waals surface area contributed by atoms with E-state index in [0.29, 0.717) is 12.3 Å². The van der Waals surface area contributed by atoms with E-state index in [4.69, 9.17) is 0 Å². The first-order valence-corrected chi connectivity index (χ1v) is 6.07. The summed E-state index contributed by atoms with van der Waals surface area (Å²) >= 11 is 0. The molecule has 2 heterocycles. The lowest BCUT2D eigenvalue weighted by Gasteiger charge is -2.21. The van der Waals surface area contributed by atoms with E-state index in [1.165, 1.54) is 19.3 Å². The number of carbonyl (C=O) groups excluding carboxylic acids is 1. The Kier molecular flexibility index (Phi) is 2.42. The van der Waals surface area contributed by atoms with Crippen molar-refractivity contribution in [1.82, 2.24) is 14.6 Å². The summed E-state index contributed by atoms with van der Waals surface area (Å²) in [6.07, 6.45) is 6.00.